The number of carbonyl (C=O) groups excluding carboxylic acids is 1. The zero-order chi connectivity index (χ0) is 18.0. The molecule has 3 N–H and O–H groups in total. The van der Waals surface area contributed by atoms with Gasteiger partial charge in [0.15, 0.2) is 0 Å². The Bertz CT molecular complexity index is 1040. The Balaban J connectivity index is 1.74. The van der Waals surface area contributed by atoms with Crippen LogP contribution in [0.5, 0.6) is 0 Å². The van der Waals surface area contributed by atoms with E-state index in [0.29, 0.717) is 16.3 Å². The highest BCUT2D eigenvalue weighted by Crippen LogP contribution is 2.20. The van der Waals surface area contributed by atoms with Crippen LogP contribution in [0.15, 0.2) is 53.4 Å². The fraction of sp³-hybridized carbons (Fsp3) is 0.118. The van der Waals surface area contributed by atoms with Crippen molar-refractivity contribution in [2.45, 2.75) is 11.4 Å². The maximum absolute atomic E-state index is 12.3. The summed E-state index contributed by atoms with van der Waals surface area (Å²) in [6, 6.07) is 13.5. The van der Waals surface area contributed by atoms with Gasteiger partial charge in [-0.1, -0.05) is 23.7 Å². The first-order chi connectivity index (χ1) is 11.9. The number of sulfonamides is 1. The van der Waals surface area contributed by atoms with Crippen LogP contribution >= 0.6 is 11.6 Å². The predicted octanol–water partition coefficient (Wildman–Crippen LogP) is 2.66. The number of fused-ring (bicyclic) bond motifs is 1. The maximum Gasteiger partial charge on any atom is 0.267 e. The lowest BCUT2D eigenvalue weighted by atomic mass is 10.2. The molecule has 130 valence electrons. The third-order valence-corrected chi connectivity index (χ3v) is 5.41. The van der Waals surface area contributed by atoms with Gasteiger partial charge in [-0.05, 0) is 49.0 Å². The number of halogens is 1. The monoisotopic (exact) mass is 377 g/mol. The van der Waals surface area contributed by atoms with Crippen molar-refractivity contribution in [2.24, 2.45) is 0 Å². The lowest BCUT2D eigenvalue weighted by molar-refractivity contribution is 0.0946. The summed E-state index contributed by atoms with van der Waals surface area (Å²) in [7, 11) is -2.16. The fourth-order valence-electron chi connectivity index (χ4n) is 2.44. The van der Waals surface area contributed by atoms with Gasteiger partial charge in [0.1, 0.15) is 5.69 Å². The molecular formula is C17H16ClN3O3S. The van der Waals surface area contributed by atoms with Crippen LogP contribution in [-0.2, 0) is 16.6 Å². The molecule has 0 saturated carbocycles. The largest absolute Gasteiger partial charge is 0.351 e. The Labute approximate surface area is 150 Å². The second kappa shape index (κ2) is 6.87. The van der Waals surface area contributed by atoms with Gasteiger partial charge < -0.3 is 10.3 Å². The van der Waals surface area contributed by atoms with E-state index in [2.05, 4.69) is 15.0 Å². The normalized spacial score (nSPS) is 11.6. The second-order valence-electron chi connectivity index (χ2n) is 5.45. The van der Waals surface area contributed by atoms with Gasteiger partial charge >= 0.3 is 0 Å². The SMILES string of the molecule is CNS(=O)(=O)c1cccc(CNC(=O)c2cc3cc(Cl)ccc3[nH]2)c1. The van der Waals surface area contributed by atoms with Crippen molar-refractivity contribution in [3.8, 4) is 0 Å². The molecule has 0 saturated heterocycles. The Morgan fingerprint density at radius 3 is 2.72 bits per heavy atom. The first-order valence-corrected chi connectivity index (χ1v) is 9.34. The zero-order valence-electron chi connectivity index (χ0n) is 13.3. The molecule has 25 heavy (non-hydrogen) atoms. The van der Waals surface area contributed by atoms with Gasteiger partial charge in [0.05, 0.1) is 4.90 Å². The molecule has 0 spiro atoms. The number of benzene rings is 2. The summed E-state index contributed by atoms with van der Waals surface area (Å²) < 4.78 is 25.9. The van der Waals surface area contributed by atoms with E-state index in [4.69, 9.17) is 11.6 Å². The molecule has 0 atom stereocenters. The number of aromatic amines is 1. The average Bonchev–Trinajstić information content (AvgIpc) is 3.03. The van der Waals surface area contributed by atoms with E-state index in [0.717, 1.165) is 10.9 Å². The van der Waals surface area contributed by atoms with E-state index in [1.54, 1.807) is 36.4 Å². The lowest BCUT2D eigenvalue weighted by Crippen LogP contribution is -2.23. The number of hydrogen-bond acceptors (Lipinski definition) is 3. The Morgan fingerprint density at radius 2 is 1.96 bits per heavy atom. The Hall–Kier alpha value is -2.35. The van der Waals surface area contributed by atoms with Crippen LogP contribution < -0.4 is 10.0 Å². The van der Waals surface area contributed by atoms with Crippen molar-refractivity contribution < 1.29 is 13.2 Å². The van der Waals surface area contributed by atoms with Gasteiger partial charge in [0.25, 0.3) is 5.91 Å². The molecule has 0 aliphatic rings. The van der Waals surface area contributed by atoms with Crippen molar-refractivity contribution in [3.63, 3.8) is 0 Å². The van der Waals surface area contributed by atoms with Gasteiger partial charge in [0.2, 0.25) is 10.0 Å². The summed E-state index contributed by atoms with van der Waals surface area (Å²) in [5.41, 5.74) is 1.91. The first kappa shape index (κ1) is 17.5. The molecule has 0 aliphatic carbocycles. The van der Waals surface area contributed by atoms with Crippen LogP contribution in [0.3, 0.4) is 0 Å². The van der Waals surface area contributed by atoms with Gasteiger partial charge in [-0.2, -0.15) is 0 Å². The number of nitrogens with one attached hydrogen (secondary N) is 3. The minimum Gasteiger partial charge on any atom is -0.351 e. The first-order valence-electron chi connectivity index (χ1n) is 7.48. The summed E-state index contributed by atoms with van der Waals surface area (Å²) in [5, 5.41) is 4.21. The third kappa shape index (κ3) is 3.84. The maximum atomic E-state index is 12.3. The highest BCUT2D eigenvalue weighted by atomic mass is 35.5. The molecule has 1 aromatic heterocycles. The van der Waals surface area contributed by atoms with Gasteiger partial charge in [-0.25, -0.2) is 13.1 Å². The zero-order valence-corrected chi connectivity index (χ0v) is 14.9. The Morgan fingerprint density at radius 1 is 1.16 bits per heavy atom. The molecule has 0 fully saturated rings. The molecule has 2 aromatic carbocycles. The van der Waals surface area contributed by atoms with Crippen molar-refractivity contribution in [1.82, 2.24) is 15.0 Å². The molecule has 3 aromatic rings. The van der Waals surface area contributed by atoms with E-state index in [1.807, 2.05) is 0 Å². The van der Waals surface area contributed by atoms with Crippen LogP contribution in [-0.4, -0.2) is 26.4 Å². The van der Waals surface area contributed by atoms with Crippen LogP contribution in [0.4, 0.5) is 0 Å². The third-order valence-electron chi connectivity index (χ3n) is 3.76. The quantitative estimate of drug-likeness (QED) is 0.638. The number of carbonyl (C=O) groups is 1. The molecular weight excluding hydrogens is 362 g/mol. The Kier molecular flexibility index (Phi) is 4.80. The van der Waals surface area contributed by atoms with Crippen LogP contribution in [0.2, 0.25) is 5.02 Å². The van der Waals surface area contributed by atoms with Gasteiger partial charge in [-0.3, -0.25) is 4.79 Å². The molecule has 0 bridgehead atoms. The van der Waals surface area contributed by atoms with Crippen LogP contribution in [0.1, 0.15) is 16.1 Å². The number of rotatable bonds is 5. The smallest absolute Gasteiger partial charge is 0.267 e. The topological polar surface area (TPSA) is 91.1 Å². The fourth-order valence-corrected chi connectivity index (χ4v) is 3.42. The summed E-state index contributed by atoms with van der Waals surface area (Å²) in [4.78, 5) is 15.5. The van der Waals surface area contributed by atoms with E-state index >= 15 is 0 Å². The highest BCUT2D eigenvalue weighted by Gasteiger charge is 2.13. The minimum absolute atomic E-state index is 0.155. The minimum atomic E-state index is -3.51. The van der Waals surface area contributed by atoms with E-state index in [9.17, 15) is 13.2 Å². The molecule has 0 unspecified atom stereocenters. The lowest BCUT2D eigenvalue weighted by Gasteiger charge is -2.07. The van der Waals surface area contributed by atoms with Crippen LogP contribution in [0.25, 0.3) is 10.9 Å². The van der Waals surface area contributed by atoms with Crippen LogP contribution in [0, 0.1) is 0 Å². The van der Waals surface area contributed by atoms with Crippen molar-refractivity contribution in [3.05, 3.63) is 64.8 Å². The molecule has 0 aliphatic heterocycles. The number of hydrogen-bond donors (Lipinski definition) is 3. The molecule has 6 nitrogen and oxygen atoms in total. The summed E-state index contributed by atoms with van der Waals surface area (Å²) in [6.07, 6.45) is 0. The molecule has 1 heterocycles. The van der Waals surface area contributed by atoms with E-state index < -0.39 is 10.0 Å². The molecule has 0 radical (unpaired) electrons. The number of H-pyrrole nitrogens is 1. The van der Waals surface area contributed by atoms with Gasteiger partial charge in [-0.15, -0.1) is 0 Å². The van der Waals surface area contributed by atoms with Gasteiger partial charge in [0, 0.05) is 22.5 Å². The number of aromatic nitrogens is 1. The standard InChI is InChI=1S/C17H16ClN3O3S/c1-19-25(23,24)14-4-2-3-11(7-14)10-20-17(22)16-9-12-8-13(18)5-6-15(12)21-16/h2-9,19,21H,10H2,1H3,(H,20,22). The molecule has 1 amide bonds. The van der Waals surface area contributed by atoms with E-state index in [-0.39, 0.29) is 17.3 Å². The van der Waals surface area contributed by atoms with Crippen molar-refractivity contribution >= 4 is 38.4 Å². The summed E-state index contributed by atoms with van der Waals surface area (Å²) in [5.74, 6) is -0.283. The molecule has 3 rings (SSSR count). The summed E-state index contributed by atoms with van der Waals surface area (Å²) in [6.45, 7) is 0.210. The predicted molar refractivity (Wildman–Crippen MR) is 97.2 cm³/mol. The van der Waals surface area contributed by atoms with Crippen molar-refractivity contribution in [2.75, 3.05) is 7.05 Å². The molecule has 8 heteroatoms. The van der Waals surface area contributed by atoms with E-state index in [1.165, 1.54) is 19.2 Å². The number of amides is 1. The van der Waals surface area contributed by atoms with Crippen molar-refractivity contribution in [1.29, 1.82) is 0 Å². The average molecular weight is 378 g/mol. The second-order valence-corrected chi connectivity index (χ2v) is 7.78. The highest BCUT2D eigenvalue weighted by molar-refractivity contribution is 7.89. The summed E-state index contributed by atoms with van der Waals surface area (Å²) >= 11 is 5.94.